The summed E-state index contributed by atoms with van der Waals surface area (Å²) >= 11 is 0. The van der Waals surface area contributed by atoms with Crippen molar-refractivity contribution < 1.29 is 13.3 Å². The Morgan fingerprint density at radius 2 is 1.88 bits per heavy atom. The summed E-state index contributed by atoms with van der Waals surface area (Å²) in [5.74, 6) is 0.944. The van der Waals surface area contributed by atoms with E-state index in [9.17, 15) is 18.5 Å². The van der Waals surface area contributed by atoms with Gasteiger partial charge >= 0.3 is 0 Å². The minimum atomic E-state index is -3.87. The van der Waals surface area contributed by atoms with Crippen molar-refractivity contribution in [1.82, 2.24) is 24.2 Å². The quantitative estimate of drug-likeness (QED) is 0.485. The molecule has 3 rings (SSSR count). The van der Waals surface area contributed by atoms with Gasteiger partial charge in [0.25, 0.3) is 5.69 Å². The minimum absolute atomic E-state index is 0.0707. The molecule has 0 unspecified atom stereocenters. The molecule has 0 saturated carbocycles. The van der Waals surface area contributed by atoms with Gasteiger partial charge in [-0.15, -0.1) is 0 Å². The first-order valence-corrected chi connectivity index (χ1v) is 8.98. The maximum Gasteiger partial charge on any atom is 0.270 e. The van der Waals surface area contributed by atoms with Gasteiger partial charge in [0.15, 0.2) is 11.6 Å². The fourth-order valence-corrected chi connectivity index (χ4v) is 3.32. The van der Waals surface area contributed by atoms with Crippen LogP contribution in [0.2, 0.25) is 0 Å². The lowest BCUT2D eigenvalue weighted by atomic mass is 10.3. The fourth-order valence-electron chi connectivity index (χ4n) is 2.26. The van der Waals surface area contributed by atoms with E-state index in [0.29, 0.717) is 18.2 Å². The summed E-state index contributed by atoms with van der Waals surface area (Å²) in [5, 5.41) is 10.8. The second-order valence-corrected chi connectivity index (χ2v) is 6.94. The van der Waals surface area contributed by atoms with Crippen molar-refractivity contribution in [2.45, 2.75) is 11.4 Å². The number of aromatic nitrogens is 4. The molecule has 134 valence electrons. The Labute approximate surface area is 148 Å². The number of nitrogens with one attached hydrogen (secondary N) is 1. The van der Waals surface area contributed by atoms with Crippen LogP contribution in [0, 0.1) is 10.1 Å². The summed E-state index contributed by atoms with van der Waals surface area (Å²) in [7, 11) is -3.87. The minimum Gasteiger partial charge on any atom is -0.327 e. The number of rotatable bonds is 7. The third kappa shape index (κ3) is 3.90. The molecule has 0 radical (unpaired) electrons. The Bertz CT molecular complexity index is 1020. The zero-order valence-corrected chi connectivity index (χ0v) is 14.2. The van der Waals surface area contributed by atoms with Gasteiger partial charge in [-0.1, -0.05) is 6.07 Å². The van der Waals surface area contributed by atoms with Gasteiger partial charge in [-0.3, -0.25) is 10.1 Å². The Morgan fingerprint density at radius 3 is 2.62 bits per heavy atom. The van der Waals surface area contributed by atoms with Crippen LogP contribution in [-0.4, -0.2) is 39.4 Å². The highest BCUT2D eigenvalue weighted by Crippen LogP contribution is 2.17. The number of hydrogen-bond donors (Lipinski definition) is 1. The zero-order chi connectivity index (χ0) is 18.6. The molecular weight excluding hydrogens is 360 g/mol. The van der Waals surface area contributed by atoms with Crippen LogP contribution in [0.1, 0.15) is 0 Å². The first-order chi connectivity index (χ1) is 12.5. The van der Waals surface area contributed by atoms with Gasteiger partial charge in [-0.05, 0) is 12.1 Å². The van der Waals surface area contributed by atoms with E-state index in [1.54, 1.807) is 35.4 Å². The first kappa shape index (κ1) is 17.6. The number of non-ortho nitro benzene ring substituents is 1. The van der Waals surface area contributed by atoms with Gasteiger partial charge in [-0.2, -0.15) is 0 Å². The highest BCUT2D eigenvalue weighted by atomic mass is 32.2. The highest BCUT2D eigenvalue weighted by molar-refractivity contribution is 7.89. The number of hydrogen-bond acceptors (Lipinski definition) is 7. The number of nitro benzene ring substituents is 1. The summed E-state index contributed by atoms with van der Waals surface area (Å²) in [6.45, 7) is 0.364. The molecule has 0 bridgehead atoms. The predicted molar refractivity (Wildman–Crippen MR) is 91.5 cm³/mol. The lowest BCUT2D eigenvalue weighted by molar-refractivity contribution is -0.385. The Hall–Kier alpha value is -3.18. The second-order valence-electron chi connectivity index (χ2n) is 5.17. The molecular formula is C15H14N6O4S. The van der Waals surface area contributed by atoms with Crippen LogP contribution in [0.25, 0.3) is 11.6 Å². The molecule has 0 amide bonds. The third-order valence-corrected chi connectivity index (χ3v) is 4.92. The predicted octanol–water partition coefficient (Wildman–Crippen LogP) is 1.23. The number of benzene rings is 1. The summed E-state index contributed by atoms with van der Waals surface area (Å²) < 4.78 is 28.7. The van der Waals surface area contributed by atoms with Crippen LogP contribution < -0.4 is 4.72 Å². The Kier molecular flexibility index (Phi) is 5.00. The highest BCUT2D eigenvalue weighted by Gasteiger charge is 2.17. The molecule has 3 aromatic rings. The van der Waals surface area contributed by atoms with Crippen molar-refractivity contribution in [2.24, 2.45) is 0 Å². The first-order valence-electron chi connectivity index (χ1n) is 7.50. The van der Waals surface area contributed by atoms with Gasteiger partial charge in [0.2, 0.25) is 10.0 Å². The zero-order valence-electron chi connectivity index (χ0n) is 13.4. The lowest BCUT2D eigenvalue weighted by Crippen LogP contribution is -2.27. The standard InChI is InChI=1S/C15H14N6O4S/c22-21(23)12-3-1-4-13(11-12)26(24,25)19-8-10-20-9-7-18-15(20)14-16-5-2-6-17-14/h1-7,9,11,19H,8,10H2. The average molecular weight is 374 g/mol. The van der Waals surface area contributed by atoms with E-state index < -0.39 is 14.9 Å². The molecule has 1 N–H and O–H groups in total. The van der Waals surface area contributed by atoms with Crippen molar-refractivity contribution in [3.63, 3.8) is 0 Å². The maximum atomic E-state index is 12.3. The Balaban J connectivity index is 1.70. The number of imidazole rings is 1. The smallest absolute Gasteiger partial charge is 0.270 e. The molecule has 11 heteroatoms. The average Bonchev–Trinajstić information content (AvgIpc) is 3.11. The fraction of sp³-hybridized carbons (Fsp3) is 0.133. The molecule has 0 aliphatic rings. The second kappa shape index (κ2) is 7.37. The monoisotopic (exact) mass is 374 g/mol. The molecule has 0 aliphatic heterocycles. The van der Waals surface area contributed by atoms with Crippen molar-refractivity contribution in [3.05, 3.63) is 65.2 Å². The van der Waals surface area contributed by atoms with E-state index in [1.165, 1.54) is 18.2 Å². The third-order valence-electron chi connectivity index (χ3n) is 3.46. The van der Waals surface area contributed by atoms with Crippen LogP contribution in [0.4, 0.5) is 5.69 Å². The molecule has 0 atom stereocenters. The molecule has 2 aromatic heterocycles. The molecule has 0 spiro atoms. The van der Waals surface area contributed by atoms with Crippen molar-refractivity contribution >= 4 is 15.7 Å². The SMILES string of the molecule is O=[N+]([O-])c1cccc(S(=O)(=O)NCCn2ccnc2-c2ncccn2)c1. The molecule has 0 saturated heterocycles. The van der Waals surface area contributed by atoms with E-state index in [2.05, 4.69) is 19.7 Å². The van der Waals surface area contributed by atoms with Crippen LogP contribution in [0.5, 0.6) is 0 Å². The van der Waals surface area contributed by atoms with E-state index in [1.807, 2.05) is 0 Å². The van der Waals surface area contributed by atoms with E-state index in [-0.39, 0.29) is 17.1 Å². The molecule has 1 aromatic carbocycles. The molecule has 26 heavy (non-hydrogen) atoms. The summed E-state index contributed by atoms with van der Waals surface area (Å²) in [5.41, 5.74) is -0.286. The largest absolute Gasteiger partial charge is 0.327 e. The van der Waals surface area contributed by atoms with Crippen LogP contribution in [0.15, 0.2) is 60.0 Å². The van der Waals surface area contributed by atoms with Crippen LogP contribution in [-0.2, 0) is 16.6 Å². The normalized spacial score (nSPS) is 11.4. The lowest BCUT2D eigenvalue weighted by Gasteiger charge is -2.09. The molecule has 10 nitrogen and oxygen atoms in total. The molecule has 0 fully saturated rings. The molecule has 2 heterocycles. The summed E-state index contributed by atoms with van der Waals surface area (Å²) in [4.78, 5) is 22.4. The van der Waals surface area contributed by atoms with Gasteiger partial charge in [-0.25, -0.2) is 28.1 Å². The maximum absolute atomic E-state index is 12.3. The van der Waals surface area contributed by atoms with Gasteiger partial charge in [0, 0.05) is 50.0 Å². The van der Waals surface area contributed by atoms with Crippen LogP contribution in [0.3, 0.4) is 0 Å². The van der Waals surface area contributed by atoms with E-state index in [0.717, 1.165) is 6.07 Å². The number of sulfonamides is 1. The molecule has 0 aliphatic carbocycles. The van der Waals surface area contributed by atoms with Crippen molar-refractivity contribution in [2.75, 3.05) is 6.54 Å². The van der Waals surface area contributed by atoms with Crippen molar-refractivity contribution in [3.8, 4) is 11.6 Å². The van der Waals surface area contributed by atoms with Crippen LogP contribution >= 0.6 is 0 Å². The topological polar surface area (TPSA) is 133 Å². The van der Waals surface area contributed by atoms with Gasteiger partial charge < -0.3 is 4.57 Å². The van der Waals surface area contributed by atoms with Gasteiger partial charge in [0.1, 0.15) is 0 Å². The number of nitrogens with zero attached hydrogens (tertiary/aromatic N) is 5. The Morgan fingerprint density at radius 1 is 1.12 bits per heavy atom. The number of nitro groups is 1. The summed E-state index contributed by atoms with van der Waals surface area (Å²) in [6.07, 6.45) is 6.44. The van der Waals surface area contributed by atoms with E-state index >= 15 is 0 Å². The van der Waals surface area contributed by atoms with Crippen molar-refractivity contribution in [1.29, 1.82) is 0 Å². The summed E-state index contributed by atoms with van der Waals surface area (Å²) in [6, 6.07) is 6.56. The van der Waals surface area contributed by atoms with Gasteiger partial charge in [0.05, 0.1) is 9.82 Å². The van der Waals surface area contributed by atoms with E-state index in [4.69, 9.17) is 0 Å².